The van der Waals surface area contributed by atoms with E-state index in [4.69, 9.17) is 21.1 Å². The molecular formula is C19H20ClNO4. The zero-order valence-corrected chi connectivity index (χ0v) is 15.2. The molecule has 0 unspecified atom stereocenters. The molecular weight excluding hydrogens is 342 g/mol. The number of nitrogens with zero attached hydrogens (tertiary/aromatic N) is 1. The first kappa shape index (κ1) is 18.8. The second-order valence-corrected chi connectivity index (χ2v) is 5.71. The second-order valence-electron chi connectivity index (χ2n) is 5.27. The number of oxime groups is 1. The van der Waals surface area contributed by atoms with Crippen molar-refractivity contribution in [3.05, 3.63) is 58.6 Å². The number of ether oxygens (including phenoxy) is 2. The summed E-state index contributed by atoms with van der Waals surface area (Å²) in [6, 6.07) is 12.6. The molecule has 0 heterocycles. The molecule has 25 heavy (non-hydrogen) atoms. The van der Waals surface area contributed by atoms with Crippen LogP contribution in [0, 0.1) is 6.92 Å². The Morgan fingerprint density at radius 1 is 1.16 bits per heavy atom. The number of hydrogen-bond donors (Lipinski definition) is 0. The van der Waals surface area contributed by atoms with Crippen LogP contribution in [0.1, 0.15) is 24.5 Å². The number of carbonyl (C=O) groups is 1. The van der Waals surface area contributed by atoms with Crippen molar-refractivity contribution in [3.8, 4) is 11.5 Å². The minimum absolute atomic E-state index is 0.215. The summed E-state index contributed by atoms with van der Waals surface area (Å²) in [6.45, 7) is 3.98. The van der Waals surface area contributed by atoms with Crippen molar-refractivity contribution < 1.29 is 19.1 Å². The highest BCUT2D eigenvalue weighted by Crippen LogP contribution is 2.25. The van der Waals surface area contributed by atoms with Crippen molar-refractivity contribution in [2.45, 2.75) is 26.9 Å². The van der Waals surface area contributed by atoms with Crippen LogP contribution < -0.4 is 9.47 Å². The first-order chi connectivity index (χ1) is 12.0. The third-order valence-corrected chi connectivity index (χ3v) is 3.70. The third-order valence-electron chi connectivity index (χ3n) is 3.47. The van der Waals surface area contributed by atoms with Crippen LogP contribution in [0.3, 0.4) is 0 Å². The molecule has 5 nitrogen and oxygen atoms in total. The number of benzene rings is 2. The molecule has 2 aromatic rings. The maximum Gasteiger partial charge on any atom is 0.361 e. The molecule has 2 aromatic carbocycles. The van der Waals surface area contributed by atoms with Gasteiger partial charge in [-0.25, -0.2) is 4.79 Å². The topological polar surface area (TPSA) is 57.1 Å². The Morgan fingerprint density at radius 2 is 1.92 bits per heavy atom. The average Bonchev–Trinajstić information content (AvgIpc) is 2.60. The van der Waals surface area contributed by atoms with Gasteiger partial charge in [0, 0.05) is 10.6 Å². The molecule has 2 rings (SSSR count). The Kier molecular flexibility index (Phi) is 6.83. The van der Waals surface area contributed by atoms with Crippen molar-refractivity contribution in [3.63, 3.8) is 0 Å². The molecule has 0 bridgehead atoms. The summed E-state index contributed by atoms with van der Waals surface area (Å²) in [5.41, 5.74) is 1.90. The lowest BCUT2D eigenvalue weighted by Crippen LogP contribution is -2.20. The van der Waals surface area contributed by atoms with Crippen LogP contribution in [0.5, 0.6) is 11.5 Å². The monoisotopic (exact) mass is 361 g/mol. The molecule has 0 amide bonds. The third kappa shape index (κ3) is 5.22. The van der Waals surface area contributed by atoms with Gasteiger partial charge in [0.1, 0.15) is 25.2 Å². The van der Waals surface area contributed by atoms with E-state index < -0.39 is 5.97 Å². The molecule has 0 aliphatic heterocycles. The van der Waals surface area contributed by atoms with Gasteiger partial charge in [-0.15, -0.1) is 0 Å². The first-order valence-electron chi connectivity index (χ1n) is 7.84. The van der Waals surface area contributed by atoms with Crippen LogP contribution >= 0.6 is 11.6 Å². The lowest BCUT2D eigenvalue weighted by Gasteiger charge is -2.13. The number of carbonyl (C=O) groups excluding carboxylic acids is 1. The fourth-order valence-electron chi connectivity index (χ4n) is 2.17. The second kappa shape index (κ2) is 9.08. The van der Waals surface area contributed by atoms with Gasteiger partial charge in [0.2, 0.25) is 0 Å². The Labute approximate surface area is 152 Å². The van der Waals surface area contributed by atoms with E-state index in [1.54, 1.807) is 25.1 Å². The predicted octanol–water partition coefficient (Wildman–Crippen LogP) is 4.55. The summed E-state index contributed by atoms with van der Waals surface area (Å²) in [5.74, 6) is 0.608. The number of rotatable bonds is 7. The highest BCUT2D eigenvalue weighted by molar-refractivity contribution is 6.36. The van der Waals surface area contributed by atoms with E-state index in [0.717, 1.165) is 16.9 Å². The number of esters is 1. The molecule has 0 saturated heterocycles. The lowest BCUT2D eigenvalue weighted by atomic mass is 10.2. The predicted molar refractivity (Wildman–Crippen MR) is 97.3 cm³/mol. The first-order valence-corrected chi connectivity index (χ1v) is 8.22. The molecule has 0 spiro atoms. The van der Waals surface area contributed by atoms with Crippen LogP contribution in [0.25, 0.3) is 0 Å². The van der Waals surface area contributed by atoms with Gasteiger partial charge in [0.15, 0.2) is 5.71 Å². The van der Waals surface area contributed by atoms with Crippen molar-refractivity contribution in [1.29, 1.82) is 0 Å². The SMILES string of the molecule is CCC(=NOC)C(=O)Oc1ccccc1COc1ccc(Cl)cc1C. The van der Waals surface area contributed by atoms with Gasteiger partial charge < -0.3 is 14.3 Å². The summed E-state index contributed by atoms with van der Waals surface area (Å²) in [5, 5.41) is 4.34. The fourth-order valence-corrected chi connectivity index (χ4v) is 2.39. The Balaban J connectivity index is 2.12. The highest BCUT2D eigenvalue weighted by atomic mass is 35.5. The maximum absolute atomic E-state index is 12.2. The molecule has 0 N–H and O–H groups in total. The molecule has 6 heteroatoms. The van der Waals surface area contributed by atoms with E-state index in [1.807, 2.05) is 31.2 Å². The Hall–Kier alpha value is -2.53. The maximum atomic E-state index is 12.2. The van der Waals surface area contributed by atoms with Gasteiger partial charge in [-0.1, -0.05) is 41.9 Å². The fraction of sp³-hybridized carbons (Fsp3) is 0.263. The molecule has 0 saturated carbocycles. The summed E-state index contributed by atoms with van der Waals surface area (Å²) < 4.78 is 11.3. The number of para-hydroxylation sites is 1. The van der Waals surface area contributed by atoms with Crippen molar-refractivity contribution in [2.75, 3.05) is 7.11 Å². The number of aryl methyl sites for hydroxylation is 1. The van der Waals surface area contributed by atoms with E-state index >= 15 is 0 Å². The highest BCUT2D eigenvalue weighted by Gasteiger charge is 2.15. The summed E-state index contributed by atoms with van der Waals surface area (Å²) >= 11 is 5.95. The van der Waals surface area contributed by atoms with Crippen LogP contribution in [-0.2, 0) is 16.2 Å². The molecule has 0 aliphatic carbocycles. The molecule has 0 atom stereocenters. The van der Waals surface area contributed by atoms with Gasteiger partial charge >= 0.3 is 5.97 Å². The van der Waals surface area contributed by atoms with Crippen LogP contribution in [0.15, 0.2) is 47.6 Å². The Bertz CT molecular complexity index is 774. The largest absolute Gasteiger partial charge is 0.488 e. The molecule has 0 radical (unpaired) electrons. The number of hydrogen-bond acceptors (Lipinski definition) is 5. The minimum Gasteiger partial charge on any atom is -0.488 e. The normalized spacial score (nSPS) is 11.1. The number of halogens is 1. The van der Waals surface area contributed by atoms with Crippen molar-refractivity contribution in [2.24, 2.45) is 5.16 Å². The summed E-state index contributed by atoms with van der Waals surface area (Å²) in [6.07, 6.45) is 0.412. The van der Waals surface area contributed by atoms with Crippen molar-refractivity contribution >= 4 is 23.3 Å². The molecule has 0 aromatic heterocycles. The summed E-state index contributed by atoms with van der Waals surface area (Å²) in [4.78, 5) is 16.8. The van der Waals surface area contributed by atoms with E-state index in [0.29, 0.717) is 17.2 Å². The van der Waals surface area contributed by atoms with Gasteiger partial charge in [-0.2, -0.15) is 0 Å². The summed E-state index contributed by atoms with van der Waals surface area (Å²) in [7, 11) is 1.39. The quantitative estimate of drug-likeness (QED) is 0.314. The molecule has 0 fully saturated rings. The van der Waals surface area contributed by atoms with Crippen LogP contribution in [-0.4, -0.2) is 18.8 Å². The van der Waals surface area contributed by atoms with Gasteiger partial charge in [0.25, 0.3) is 0 Å². The average molecular weight is 362 g/mol. The van der Waals surface area contributed by atoms with Gasteiger partial charge in [0.05, 0.1) is 0 Å². The van der Waals surface area contributed by atoms with Crippen LogP contribution in [0.4, 0.5) is 0 Å². The van der Waals surface area contributed by atoms with Gasteiger partial charge in [-0.05, 0) is 43.2 Å². The molecule has 132 valence electrons. The Morgan fingerprint density at radius 3 is 2.60 bits per heavy atom. The smallest absolute Gasteiger partial charge is 0.361 e. The zero-order chi connectivity index (χ0) is 18.2. The van der Waals surface area contributed by atoms with E-state index in [9.17, 15) is 4.79 Å². The molecule has 0 aliphatic rings. The van der Waals surface area contributed by atoms with Crippen molar-refractivity contribution in [1.82, 2.24) is 0 Å². The van der Waals surface area contributed by atoms with Gasteiger partial charge in [-0.3, -0.25) is 0 Å². The van der Waals surface area contributed by atoms with E-state index in [2.05, 4.69) is 9.99 Å². The van der Waals surface area contributed by atoms with Crippen LogP contribution in [0.2, 0.25) is 5.02 Å². The lowest BCUT2D eigenvalue weighted by molar-refractivity contribution is -0.127. The van der Waals surface area contributed by atoms with E-state index in [1.165, 1.54) is 7.11 Å². The zero-order valence-electron chi connectivity index (χ0n) is 14.4. The standard InChI is InChI=1S/C19H20ClNO4/c1-4-16(21-23-3)19(22)25-18-8-6-5-7-14(18)12-24-17-10-9-15(20)11-13(17)2/h5-11H,4,12H2,1-3H3. The van der Waals surface area contributed by atoms with E-state index in [-0.39, 0.29) is 12.3 Å². The minimum atomic E-state index is -0.542.